The molecule has 0 saturated carbocycles. The Morgan fingerprint density at radius 3 is 2.56 bits per heavy atom. The average molecular weight is 254 g/mol. The van der Waals surface area contributed by atoms with Gasteiger partial charge in [0.05, 0.1) is 0 Å². The van der Waals surface area contributed by atoms with E-state index >= 15 is 0 Å². The van der Waals surface area contributed by atoms with Crippen LogP contribution in [-0.2, 0) is 14.3 Å². The fourth-order valence-electron chi connectivity index (χ4n) is 2.91. The lowest BCUT2D eigenvalue weighted by molar-refractivity contribution is -0.160. The maximum Gasteiger partial charge on any atom is 0.245 e. The van der Waals surface area contributed by atoms with Crippen LogP contribution >= 0.6 is 0 Å². The molecule has 102 valence electrons. The zero-order valence-electron chi connectivity index (χ0n) is 11.4. The Hall–Kier alpha value is -1.10. The van der Waals surface area contributed by atoms with Crippen LogP contribution in [0.4, 0.5) is 0 Å². The van der Waals surface area contributed by atoms with Gasteiger partial charge < -0.3 is 15.0 Å². The Morgan fingerprint density at radius 1 is 1.39 bits per heavy atom. The maximum atomic E-state index is 12.4. The van der Waals surface area contributed by atoms with Crippen LogP contribution in [0.3, 0.4) is 0 Å². The van der Waals surface area contributed by atoms with Crippen molar-refractivity contribution in [2.45, 2.75) is 57.7 Å². The Morgan fingerprint density at radius 2 is 2.00 bits per heavy atom. The van der Waals surface area contributed by atoms with E-state index in [1.54, 1.807) is 6.92 Å². The number of rotatable bonds is 2. The molecule has 2 rings (SSSR count). The normalized spacial score (nSPS) is 32.3. The van der Waals surface area contributed by atoms with Gasteiger partial charge in [0.25, 0.3) is 0 Å². The van der Waals surface area contributed by atoms with E-state index < -0.39 is 6.04 Å². The molecule has 2 fully saturated rings. The molecule has 2 amide bonds. The Kier molecular flexibility index (Phi) is 3.61. The zero-order chi connectivity index (χ0) is 13.3. The summed E-state index contributed by atoms with van der Waals surface area (Å²) in [7, 11) is 0. The lowest BCUT2D eigenvalue weighted by Gasteiger charge is -2.50. The fourth-order valence-corrected chi connectivity index (χ4v) is 2.91. The van der Waals surface area contributed by atoms with Gasteiger partial charge in [0, 0.05) is 18.8 Å². The van der Waals surface area contributed by atoms with Crippen molar-refractivity contribution < 1.29 is 14.3 Å². The van der Waals surface area contributed by atoms with Gasteiger partial charge in [-0.05, 0) is 33.1 Å². The van der Waals surface area contributed by atoms with Crippen LogP contribution in [-0.4, -0.2) is 47.6 Å². The van der Waals surface area contributed by atoms with Crippen molar-refractivity contribution in [3.8, 4) is 0 Å². The third-order valence-electron chi connectivity index (χ3n) is 4.12. The number of carbonyl (C=O) groups excluding carboxylic acids is 2. The number of piperazine rings is 1. The SMILES string of the molecule is CCC1C(=O)NC(C)C(=O)N1C1(C)CCOCC1. The van der Waals surface area contributed by atoms with Gasteiger partial charge in [0.1, 0.15) is 12.1 Å². The van der Waals surface area contributed by atoms with E-state index in [9.17, 15) is 9.59 Å². The van der Waals surface area contributed by atoms with Crippen molar-refractivity contribution in [3.05, 3.63) is 0 Å². The number of hydrogen-bond acceptors (Lipinski definition) is 3. The van der Waals surface area contributed by atoms with Crippen molar-refractivity contribution in [2.24, 2.45) is 0 Å². The summed E-state index contributed by atoms with van der Waals surface area (Å²) in [5, 5.41) is 2.75. The van der Waals surface area contributed by atoms with Crippen LogP contribution in [0, 0.1) is 0 Å². The lowest BCUT2D eigenvalue weighted by Crippen LogP contribution is -2.69. The first-order valence-electron chi connectivity index (χ1n) is 6.71. The minimum absolute atomic E-state index is 0.0303. The van der Waals surface area contributed by atoms with Gasteiger partial charge in [0.15, 0.2) is 0 Å². The Balaban J connectivity index is 2.30. The van der Waals surface area contributed by atoms with E-state index in [-0.39, 0.29) is 23.4 Å². The highest BCUT2D eigenvalue weighted by atomic mass is 16.5. The maximum absolute atomic E-state index is 12.4. The Labute approximate surface area is 108 Å². The van der Waals surface area contributed by atoms with Gasteiger partial charge in [-0.25, -0.2) is 0 Å². The van der Waals surface area contributed by atoms with Crippen LogP contribution in [0.2, 0.25) is 0 Å². The Bertz CT molecular complexity index is 350. The summed E-state index contributed by atoms with van der Waals surface area (Å²) in [6.07, 6.45) is 2.26. The van der Waals surface area contributed by atoms with Crippen LogP contribution < -0.4 is 5.32 Å². The molecule has 0 aliphatic carbocycles. The minimum Gasteiger partial charge on any atom is -0.381 e. The number of carbonyl (C=O) groups is 2. The van der Waals surface area contributed by atoms with Crippen molar-refractivity contribution in [2.75, 3.05) is 13.2 Å². The van der Waals surface area contributed by atoms with Crippen molar-refractivity contribution >= 4 is 11.8 Å². The van der Waals surface area contributed by atoms with E-state index in [4.69, 9.17) is 4.74 Å². The van der Waals surface area contributed by atoms with E-state index in [1.807, 2.05) is 11.8 Å². The summed E-state index contributed by atoms with van der Waals surface area (Å²) in [4.78, 5) is 26.3. The number of hydrogen-bond donors (Lipinski definition) is 1. The zero-order valence-corrected chi connectivity index (χ0v) is 11.4. The quantitative estimate of drug-likeness (QED) is 0.788. The molecule has 0 bridgehead atoms. The fraction of sp³-hybridized carbons (Fsp3) is 0.846. The van der Waals surface area contributed by atoms with Gasteiger partial charge in [-0.15, -0.1) is 0 Å². The first-order valence-corrected chi connectivity index (χ1v) is 6.71. The summed E-state index contributed by atoms with van der Waals surface area (Å²) in [5.41, 5.74) is -0.248. The molecule has 2 aliphatic heterocycles. The topological polar surface area (TPSA) is 58.6 Å². The predicted octanol–water partition coefficient (Wildman–Crippen LogP) is 0.681. The largest absolute Gasteiger partial charge is 0.381 e. The number of amides is 2. The molecule has 0 aromatic heterocycles. The molecule has 2 saturated heterocycles. The summed E-state index contributed by atoms with van der Waals surface area (Å²) in [5.74, 6) is 0.00293. The molecule has 0 aromatic carbocycles. The van der Waals surface area contributed by atoms with Gasteiger partial charge in [-0.2, -0.15) is 0 Å². The highest BCUT2D eigenvalue weighted by Crippen LogP contribution is 2.32. The first-order chi connectivity index (χ1) is 8.49. The lowest BCUT2D eigenvalue weighted by atomic mass is 9.86. The highest BCUT2D eigenvalue weighted by molar-refractivity contribution is 5.97. The van der Waals surface area contributed by atoms with Crippen LogP contribution in [0.25, 0.3) is 0 Å². The second-order valence-corrected chi connectivity index (χ2v) is 5.47. The number of nitrogens with zero attached hydrogens (tertiary/aromatic N) is 1. The molecule has 2 heterocycles. The predicted molar refractivity (Wildman–Crippen MR) is 67.0 cm³/mol. The third-order valence-corrected chi connectivity index (χ3v) is 4.12. The molecule has 2 aliphatic rings. The molecular formula is C13H22N2O3. The van der Waals surface area contributed by atoms with Crippen LogP contribution in [0.1, 0.15) is 40.0 Å². The molecule has 0 spiro atoms. The average Bonchev–Trinajstić information content (AvgIpc) is 2.34. The molecule has 5 nitrogen and oxygen atoms in total. The monoisotopic (exact) mass is 254 g/mol. The smallest absolute Gasteiger partial charge is 0.245 e. The molecule has 0 aromatic rings. The minimum atomic E-state index is -0.417. The summed E-state index contributed by atoms with van der Waals surface area (Å²) in [6.45, 7) is 7.09. The second kappa shape index (κ2) is 4.88. The first kappa shape index (κ1) is 13.3. The molecule has 5 heteroatoms. The summed E-state index contributed by atoms with van der Waals surface area (Å²) in [6, 6.07) is -0.753. The van der Waals surface area contributed by atoms with Gasteiger partial charge in [-0.1, -0.05) is 6.92 Å². The second-order valence-electron chi connectivity index (χ2n) is 5.47. The molecule has 1 N–H and O–H groups in total. The van der Waals surface area contributed by atoms with Gasteiger partial charge >= 0.3 is 0 Å². The van der Waals surface area contributed by atoms with Crippen molar-refractivity contribution in [1.29, 1.82) is 0 Å². The van der Waals surface area contributed by atoms with E-state index in [0.29, 0.717) is 19.6 Å². The van der Waals surface area contributed by atoms with E-state index in [2.05, 4.69) is 12.2 Å². The number of ether oxygens (including phenoxy) is 1. The third kappa shape index (κ3) is 2.11. The molecule has 18 heavy (non-hydrogen) atoms. The van der Waals surface area contributed by atoms with Gasteiger partial charge in [-0.3, -0.25) is 9.59 Å². The highest BCUT2D eigenvalue weighted by Gasteiger charge is 2.47. The molecule has 0 radical (unpaired) electrons. The van der Waals surface area contributed by atoms with E-state index in [0.717, 1.165) is 12.8 Å². The molecule has 2 unspecified atom stereocenters. The number of nitrogens with one attached hydrogen (secondary N) is 1. The van der Waals surface area contributed by atoms with Crippen molar-refractivity contribution in [3.63, 3.8) is 0 Å². The molecular weight excluding hydrogens is 232 g/mol. The van der Waals surface area contributed by atoms with E-state index in [1.165, 1.54) is 0 Å². The van der Waals surface area contributed by atoms with Crippen LogP contribution in [0.5, 0.6) is 0 Å². The summed E-state index contributed by atoms with van der Waals surface area (Å²) < 4.78 is 5.38. The van der Waals surface area contributed by atoms with Crippen LogP contribution in [0.15, 0.2) is 0 Å². The van der Waals surface area contributed by atoms with Crippen molar-refractivity contribution in [1.82, 2.24) is 10.2 Å². The summed E-state index contributed by atoms with van der Waals surface area (Å²) >= 11 is 0. The molecule has 2 atom stereocenters. The van der Waals surface area contributed by atoms with Gasteiger partial charge in [0.2, 0.25) is 11.8 Å². The standard InChI is InChI=1S/C13H22N2O3/c1-4-10-11(16)14-9(2)12(17)15(10)13(3)5-7-18-8-6-13/h9-10H,4-8H2,1-3H3,(H,14,16).